The van der Waals surface area contributed by atoms with Gasteiger partial charge in [0, 0.05) is 18.1 Å². The SMILES string of the molecule is Cc1cc(C)cc(P(c2cc(C)cc(C)c2)[C@@H](C)C[C@H](C)P(c2cc(C)cc(C)c2)c2cc(C)cc(C)c2)c1.NCc1cc2ccccc2cn1.[Br][Ru][Br]. The molecule has 54 heavy (non-hydrogen) atoms. The van der Waals surface area contributed by atoms with Crippen molar-refractivity contribution in [1.29, 1.82) is 0 Å². The predicted molar refractivity (Wildman–Crippen MR) is 247 cm³/mol. The van der Waals surface area contributed by atoms with Crippen LogP contribution in [0.3, 0.4) is 0 Å². The number of nitrogens with two attached hydrogens (primary N) is 1. The van der Waals surface area contributed by atoms with Gasteiger partial charge in [-0.1, -0.05) is 155 Å². The van der Waals surface area contributed by atoms with Crippen molar-refractivity contribution in [1.82, 2.24) is 4.98 Å². The van der Waals surface area contributed by atoms with E-state index in [1.54, 1.807) is 0 Å². The topological polar surface area (TPSA) is 38.9 Å². The van der Waals surface area contributed by atoms with Crippen molar-refractivity contribution >= 4 is 75.1 Å². The Morgan fingerprint density at radius 2 is 0.815 bits per heavy atom. The molecule has 7 heteroatoms. The molecule has 6 rings (SSSR count). The van der Waals surface area contributed by atoms with Crippen LogP contribution in [0, 0.1) is 55.4 Å². The number of halogens is 2. The fourth-order valence-electron chi connectivity index (χ4n) is 7.62. The maximum absolute atomic E-state index is 5.48. The van der Waals surface area contributed by atoms with Crippen LogP contribution in [0.25, 0.3) is 10.8 Å². The summed E-state index contributed by atoms with van der Waals surface area (Å²) in [6, 6.07) is 39.0. The van der Waals surface area contributed by atoms with Crippen molar-refractivity contribution in [3.05, 3.63) is 160 Å². The van der Waals surface area contributed by atoms with Crippen LogP contribution in [0.1, 0.15) is 70.5 Å². The van der Waals surface area contributed by atoms with E-state index >= 15 is 0 Å². The molecule has 2 nitrogen and oxygen atoms in total. The minimum absolute atomic E-state index is 0.335. The molecule has 0 unspecified atom stereocenters. The van der Waals surface area contributed by atoms with Gasteiger partial charge in [0.15, 0.2) is 0 Å². The normalized spacial score (nSPS) is 12.3. The van der Waals surface area contributed by atoms with E-state index in [1.165, 1.54) is 77.5 Å². The summed E-state index contributed by atoms with van der Waals surface area (Å²) in [4.78, 5) is 4.20. The summed E-state index contributed by atoms with van der Waals surface area (Å²) in [5.74, 6) is 0. The van der Waals surface area contributed by atoms with Crippen LogP contribution >= 0.6 is 43.1 Å². The molecule has 0 aliphatic rings. The van der Waals surface area contributed by atoms with Gasteiger partial charge in [-0.25, -0.2) is 0 Å². The third kappa shape index (κ3) is 13.0. The van der Waals surface area contributed by atoms with Crippen LogP contribution in [0.4, 0.5) is 0 Å². The van der Waals surface area contributed by atoms with Crippen molar-refractivity contribution in [3.8, 4) is 0 Å². The van der Waals surface area contributed by atoms with Gasteiger partial charge in [-0.3, -0.25) is 4.98 Å². The minimum atomic E-state index is -0.487. The number of pyridine rings is 1. The maximum atomic E-state index is 5.48. The van der Waals surface area contributed by atoms with Gasteiger partial charge in [-0.2, -0.15) is 0 Å². The van der Waals surface area contributed by atoms with Crippen LogP contribution in [-0.2, 0) is 19.8 Å². The number of hydrogen-bond donors (Lipinski definition) is 1. The van der Waals surface area contributed by atoms with E-state index in [4.69, 9.17) is 5.73 Å². The summed E-state index contributed by atoms with van der Waals surface area (Å²) in [5, 5.41) is 8.45. The summed E-state index contributed by atoms with van der Waals surface area (Å²) in [6.45, 7) is 23.5. The monoisotopic (exact) mass is 970 g/mol. The van der Waals surface area contributed by atoms with Crippen LogP contribution < -0.4 is 27.0 Å². The number of benzene rings is 5. The third-order valence-electron chi connectivity index (χ3n) is 9.40. The number of rotatable bonds is 9. The Bertz CT molecular complexity index is 1860. The molecule has 286 valence electrons. The molecule has 1 heterocycles. The third-order valence-corrected chi connectivity index (χ3v) is 14.8. The zero-order valence-corrected chi connectivity index (χ0v) is 40.2. The molecule has 0 spiro atoms. The Balaban J connectivity index is 0.000000359. The average molecular weight is 972 g/mol. The number of fused-ring (bicyclic) bond motifs is 1. The second-order valence-electron chi connectivity index (χ2n) is 14.8. The summed E-state index contributed by atoms with van der Waals surface area (Å²) in [5.41, 5.74) is 18.5. The van der Waals surface area contributed by atoms with Gasteiger partial charge in [0.25, 0.3) is 0 Å². The fraction of sp³-hybridized carbons (Fsp3) is 0.298. The Labute approximate surface area is 349 Å². The van der Waals surface area contributed by atoms with Crippen LogP contribution in [0.5, 0.6) is 0 Å². The van der Waals surface area contributed by atoms with Gasteiger partial charge < -0.3 is 5.73 Å². The molecule has 0 amide bonds. The molecular weight excluding hydrogens is 915 g/mol. The van der Waals surface area contributed by atoms with Crippen molar-refractivity contribution in [2.45, 2.75) is 93.5 Å². The molecule has 0 aliphatic carbocycles. The molecule has 5 aromatic carbocycles. The molecule has 2 N–H and O–H groups in total. The second kappa shape index (κ2) is 21.4. The zero-order chi connectivity index (χ0) is 39.5. The Kier molecular flexibility index (Phi) is 17.7. The molecule has 6 aromatic rings. The summed E-state index contributed by atoms with van der Waals surface area (Å²) >= 11 is 6.64. The molecule has 1 aromatic heterocycles. The van der Waals surface area contributed by atoms with E-state index in [-0.39, 0.29) is 0 Å². The van der Waals surface area contributed by atoms with Gasteiger partial charge in [0.05, 0.1) is 5.69 Å². The summed E-state index contributed by atoms with van der Waals surface area (Å²) < 4.78 is 0. The molecule has 0 saturated heterocycles. The first-order valence-corrected chi connectivity index (χ1v) is 29.3. The van der Waals surface area contributed by atoms with Gasteiger partial charge in [0.2, 0.25) is 0 Å². The van der Waals surface area contributed by atoms with Crippen LogP contribution in [0.15, 0.2) is 109 Å². The average Bonchev–Trinajstić information content (AvgIpc) is 3.07. The van der Waals surface area contributed by atoms with Crippen LogP contribution in [-0.4, -0.2) is 16.3 Å². The summed E-state index contributed by atoms with van der Waals surface area (Å²) in [7, 11) is -0.973. The van der Waals surface area contributed by atoms with E-state index in [0.717, 1.165) is 11.1 Å². The van der Waals surface area contributed by atoms with Crippen molar-refractivity contribution in [3.63, 3.8) is 0 Å². The molecule has 0 saturated carbocycles. The van der Waals surface area contributed by atoms with Crippen LogP contribution in [0.2, 0.25) is 0 Å². The Hall–Kier alpha value is -2.09. The fourth-order valence-corrected chi connectivity index (χ4v) is 14.2. The van der Waals surface area contributed by atoms with E-state index in [1.807, 2.05) is 30.5 Å². The quantitative estimate of drug-likeness (QED) is 0.116. The van der Waals surface area contributed by atoms with Gasteiger partial charge >= 0.3 is 40.5 Å². The zero-order valence-electron chi connectivity index (χ0n) is 33.5. The molecule has 0 aliphatic heterocycles. The first-order valence-electron chi connectivity index (χ1n) is 18.5. The van der Waals surface area contributed by atoms with E-state index in [0.29, 0.717) is 31.1 Å². The Morgan fingerprint density at radius 1 is 0.519 bits per heavy atom. The van der Waals surface area contributed by atoms with E-state index in [2.05, 4.69) is 180 Å². The number of nitrogens with zero attached hydrogens (tertiary/aromatic N) is 1. The first kappa shape index (κ1) is 44.6. The standard InChI is InChI=1S/C37H46P2.C10H10N2.2BrH.Ru/c1-24-11-25(2)16-34(15-24)38(35-17-26(3)12-27(4)18-35)32(9)23-33(10)39(36-19-28(5)13-29(6)20-36)37-21-30(7)14-31(8)22-37;11-6-10-5-8-3-1-2-4-9(8)7-12-10;;;/h11-22,32-33H,23H2,1-10H3;1-5,7H,6,11H2;2*1H;/q;;;;+2/p-2/t32-,33-;;;;/m0..../s1. The molecule has 2 atom stereocenters. The van der Waals surface area contributed by atoms with Crippen molar-refractivity contribution in [2.75, 3.05) is 0 Å². The molecule has 0 fully saturated rings. The van der Waals surface area contributed by atoms with Gasteiger partial charge in [-0.15, -0.1) is 0 Å². The number of aromatic nitrogens is 1. The van der Waals surface area contributed by atoms with Gasteiger partial charge in [0.1, 0.15) is 0 Å². The Morgan fingerprint density at radius 3 is 1.11 bits per heavy atom. The molecular formula is C47H56Br2N2P2Ru. The second-order valence-corrected chi connectivity index (χ2v) is 28.2. The van der Waals surface area contributed by atoms with Gasteiger partial charge in [-0.05, 0) is 122 Å². The molecule has 0 radical (unpaired) electrons. The number of hydrogen-bond acceptors (Lipinski definition) is 2. The van der Waals surface area contributed by atoms with Crippen molar-refractivity contribution < 1.29 is 13.2 Å². The molecule has 0 bridgehead atoms. The number of aryl methyl sites for hydroxylation is 8. The van der Waals surface area contributed by atoms with E-state index < -0.39 is 15.8 Å². The predicted octanol–water partition coefficient (Wildman–Crippen LogP) is 12.3. The van der Waals surface area contributed by atoms with Crippen molar-refractivity contribution in [2.24, 2.45) is 5.73 Å². The summed E-state index contributed by atoms with van der Waals surface area (Å²) in [6.07, 6.45) is 3.06. The first-order chi connectivity index (χ1) is 25.7. The van der Waals surface area contributed by atoms with E-state index in [9.17, 15) is 0 Å².